The zero-order valence-corrected chi connectivity index (χ0v) is 11.2. The van der Waals surface area contributed by atoms with E-state index in [1.54, 1.807) is 11.8 Å². The van der Waals surface area contributed by atoms with Crippen molar-refractivity contribution in [1.29, 1.82) is 0 Å². The van der Waals surface area contributed by atoms with Crippen LogP contribution in [-0.2, 0) is 4.74 Å². The van der Waals surface area contributed by atoms with E-state index in [1.807, 2.05) is 20.8 Å². The molecular formula is C12H24N2O3. The van der Waals surface area contributed by atoms with Gasteiger partial charge >= 0.3 is 6.09 Å². The van der Waals surface area contributed by atoms with E-state index in [-0.39, 0.29) is 6.09 Å². The maximum Gasteiger partial charge on any atom is 0.410 e. The van der Waals surface area contributed by atoms with Gasteiger partial charge in [0, 0.05) is 18.6 Å². The van der Waals surface area contributed by atoms with Crippen LogP contribution < -0.4 is 5.73 Å². The Balaban J connectivity index is 2.52. The Morgan fingerprint density at radius 3 is 2.65 bits per heavy atom. The predicted molar refractivity (Wildman–Crippen MR) is 65.6 cm³/mol. The van der Waals surface area contributed by atoms with Gasteiger partial charge in [-0.15, -0.1) is 0 Å². The monoisotopic (exact) mass is 244 g/mol. The van der Waals surface area contributed by atoms with Crippen LogP contribution in [0.3, 0.4) is 0 Å². The van der Waals surface area contributed by atoms with Crippen molar-refractivity contribution in [2.45, 2.75) is 57.8 Å². The zero-order valence-electron chi connectivity index (χ0n) is 11.2. The van der Waals surface area contributed by atoms with Crippen molar-refractivity contribution < 1.29 is 14.6 Å². The molecule has 1 saturated heterocycles. The first kappa shape index (κ1) is 14.3. The highest BCUT2D eigenvalue weighted by Crippen LogP contribution is 2.25. The number of carbonyl (C=O) groups excluding carboxylic acids is 1. The van der Waals surface area contributed by atoms with E-state index in [2.05, 4.69) is 0 Å². The highest BCUT2D eigenvalue weighted by Gasteiger charge is 2.38. The van der Waals surface area contributed by atoms with Gasteiger partial charge < -0.3 is 20.5 Å². The molecule has 1 heterocycles. The van der Waals surface area contributed by atoms with Gasteiger partial charge in [-0.1, -0.05) is 0 Å². The van der Waals surface area contributed by atoms with Gasteiger partial charge in [-0.3, -0.25) is 0 Å². The maximum atomic E-state index is 11.8. The van der Waals surface area contributed by atoms with Gasteiger partial charge in [0.2, 0.25) is 0 Å². The Morgan fingerprint density at radius 1 is 1.59 bits per heavy atom. The molecule has 100 valence electrons. The van der Waals surface area contributed by atoms with Crippen LogP contribution in [0.1, 0.15) is 40.5 Å². The van der Waals surface area contributed by atoms with Gasteiger partial charge in [0.05, 0.1) is 6.10 Å². The van der Waals surface area contributed by atoms with Gasteiger partial charge in [-0.25, -0.2) is 4.79 Å². The topological polar surface area (TPSA) is 75.8 Å². The third-order valence-corrected chi connectivity index (χ3v) is 2.74. The molecule has 2 atom stereocenters. The molecule has 0 spiro atoms. The third kappa shape index (κ3) is 4.52. The minimum Gasteiger partial charge on any atom is -0.444 e. The molecule has 0 aromatic rings. The van der Waals surface area contributed by atoms with Crippen LogP contribution in [0, 0.1) is 0 Å². The van der Waals surface area contributed by atoms with Crippen molar-refractivity contribution >= 4 is 6.09 Å². The molecule has 0 saturated carbocycles. The zero-order chi connectivity index (χ0) is 13.3. The molecule has 1 amide bonds. The van der Waals surface area contributed by atoms with Crippen LogP contribution in [0.15, 0.2) is 0 Å². The first-order valence-corrected chi connectivity index (χ1v) is 6.06. The lowest BCUT2D eigenvalue weighted by molar-refractivity contribution is 0.0277. The molecule has 0 aliphatic carbocycles. The first-order valence-electron chi connectivity index (χ1n) is 6.06. The van der Waals surface area contributed by atoms with Gasteiger partial charge in [-0.05, 0) is 40.5 Å². The van der Waals surface area contributed by atoms with Crippen LogP contribution in [0.2, 0.25) is 0 Å². The summed E-state index contributed by atoms with van der Waals surface area (Å²) >= 11 is 0. The quantitative estimate of drug-likeness (QED) is 0.762. The van der Waals surface area contributed by atoms with Crippen LogP contribution in [-0.4, -0.2) is 46.4 Å². The molecule has 2 unspecified atom stereocenters. The third-order valence-electron chi connectivity index (χ3n) is 2.74. The number of rotatable bonds is 2. The fourth-order valence-electron chi connectivity index (χ4n) is 2.13. The Bertz CT molecular complexity index is 286. The molecule has 17 heavy (non-hydrogen) atoms. The summed E-state index contributed by atoms with van der Waals surface area (Å²) in [6.45, 7) is 8.28. The number of ether oxygens (including phenoxy) is 1. The summed E-state index contributed by atoms with van der Waals surface area (Å²) < 4.78 is 5.29. The molecule has 3 N–H and O–H groups in total. The van der Waals surface area contributed by atoms with Gasteiger partial charge in [0.15, 0.2) is 0 Å². The van der Waals surface area contributed by atoms with Crippen molar-refractivity contribution in [3.63, 3.8) is 0 Å². The number of carbonyl (C=O) groups is 1. The van der Waals surface area contributed by atoms with Crippen molar-refractivity contribution in [3.05, 3.63) is 0 Å². The lowest BCUT2D eigenvalue weighted by Crippen LogP contribution is -2.46. The number of aliphatic hydroxyl groups excluding tert-OH is 1. The van der Waals surface area contributed by atoms with Gasteiger partial charge in [0.25, 0.3) is 0 Å². The molecule has 1 rings (SSSR count). The summed E-state index contributed by atoms with van der Waals surface area (Å²) in [5.74, 6) is 0. The molecule has 1 aliphatic rings. The number of amides is 1. The Labute approximate surface area is 103 Å². The van der Waals surface area contributed by atoms with E-state index < -0.39 is 17.2 Å². The fraction of sp³-hybridized carbons (Fsp3) is 0.917. The first-order chi connectivity index (χ1) is 7.61. The summed E-state index contributed by atoms with van der Waals surface area (Å²) in [4.78, 5) is 13.4. The summed E-state index contributed by atoms with van der Waals surface area (Å²) in [7, 11) is 0. The fourth-order valence-corrected chi connectivity index (χ4v) is 2.13. The van der Waals surface area contributed by atoms with Crippen molar-refractivity contribution in [2.24, 2.45) is 5.73 Å². The highest BCUT2D eigenvalue weighted by molar-refractivity contribution is 5.68. The second kappa shape index (κ2) is 4.82. The minimum atomic E-state index is -0.485. The number of likely N-dealkylation sites (tertiary alicyclic amines) is 1. The second-order valence-corrected chi connectivity index (χ2v) is 6.07. The van der Waals surface area contributed by atoms with Crippen molar-refractivity contribution in [2.75, 3.05) is 13.1 Å². The van der Waals surface area contributed by atoms with Crippen LogP contribution in [0.4, 0.5) is 4.79 Å². The van der Waals surface area contributed by atoms with E-state index in [4.69, 9.17) is 10.5 Å². The lowest BCUT2D eigenvalue weighted by Gasteiger charge is -2.27. The average molecular weight is 244 g/mol. The molecule has 1 aliphatic heterocycles. The average Bonchev–Trinajstić information content (AvgIpc) is 2.43. The standard InChI is InChI=1S/C12H24N2O3/c1-9(15)7-12(13)5-6-14(8-12)10(16)17-11(2,3)4/h9,15H,5-8,13H2,1-4H3. The number of aliphatic hydroxyl groups is 1. The molecule has 1 fully saturated rings. The predicted octanol–water partition coefficient (Wildman–Crippen LogP) is 1.10. The van der Waals surface area contributed by atoms with E-state index in [9.17, 15) is 9.90 Å². The number of nitrogens with two attached hydrogens (primary N) is 1. The summed E-state index contributed by atoms with van der Waals surface area (Å²) in [6.07, 6.45) is 0.442. The SMILES string of the molecule is CC(O)CC1(N)CCN(C(=O)OC(C)(C)C)C1. The largest absolute Gasteiger partial charge is 0.444 e. The molecule has 0 radical (unpaired) electrons. The lowest BCUT2D eigenvalue weighted by atomic mass is 9.93. The number of nitrogens with zero attached hydrogens (tertiary/aromatic N) is 1. The highest BCUT2D eigenvalue weighted by atomic mass is 16.6. The number of hydrogen-bond acceptors (Lipinski definition) is 4. The Kier molecular flexibility index (Phi) is 4.04. The maximum absolute atomic E-state index is 11.8. The summed E-state index contributed by atoms with van der Waals surface area (Å²) in [5, 5.41) is 9.37. The summed E-state index contributed by atoms with van der Waals surface area (Å²) in [6, 6.07) is 0. The van der Waals surface area contributed by atoms with Gasteiger partial charge in [0.1, 0.15) is 5.60 Å². The van der Waals surface area contributed by atoms with Crippen LogP contribution in [0.25, 0.3) is 0 Å². The minimum absolute atomic E-state index is 0.324. The van der Waals surface area contributed by atoms with Crippen LogP contribution in [0.5, 0.6) is 0 Å². The van der Waals surface area contributed by atoms with E-state index >= 15 is 0 Å². The molecule has 0 aromatic carbocycles. The normalized spacial score (nSPS) is 27.1. The van der Waals surface area contributed by atoms with Crippen molar-refractivity contribution in [1.82, 2.24) is 4.90 Å². The van der Waals surface area contributed by atoms with E-state index in [0.29, 0.717) is 25.9 Å². The second-order valence-electron chi connectivity index (χ2n) is 6.07. The smallest absolute Gasteiger partial charge is 0.410 e. The Hall–Kier alpha value is -0.810. The molecule has 5 nitrogen and oxygen atoms in total. The van der Waals surface area contributed by atoms with Gasteiger partial charge in [-0.2, -0.15) is 0 Å². The molecule has 0 bridgehead atoms. The molecule has 0 aromatic heterocycles. The summed E-state index contributed by atoms with van der Waals surface area (Å²) in [5.41, 5.74) is 5.18. The molecule has 5 heteroatoms. The number of hydrogen-bond donors (Lipinski definition) is 2. The van der Waals surface area contributed by atoms with Crippen LogP contribution >= 0.6 is 0 Å². The molecular weight excluding hydrogens is 220 g/mol. The van der Waals surface area contributed by atoms with E-state index in [0.717, 1.165) is 0 Å². The Morgan fingerprint density at radius 2 is 2.18 bits per heavy atom. The van der Waals surface area contributed by atoms with E-state index in [1.165, 1.54) is 0 Å². The van der Waals surface area contributed by atoms with Crippen molar-refractivity contribution in [3.8, 4) is 0 Å².